The number of rotatable bonds is 3. The summed E-state index contributed by atoms with van der Waals surface area (Å²) >= 11 is 0. The van der Waals surface area contributed by atoms with Gasteiger partial charge in [-0.25, -0.2) is 0 Å². The van der Waals surface area contributed by atoms with Crippen molar-refractivity contribution in [2.24, 2.45) is 0 Å². The Balaban J connectivity index is 1.97. The molecule has 0 bridgehead atoms. The zero-order valence-electron chi connectivity index (χ0n) is 9.40. The van der Waals surface area contributed by atoms with Gasteiger partial charge in [0.1, 0.15) is 5.78 Å². The van der Waals surface area contributed by atoms with Crippen molar-refractivity contribution in [1.29, 1.82) is 0 Å². The van der Waals surface area contributed by atoms with Crippen molar-refractivity contribution in [3.05, 3.63) is 0 Å². The second-order valence-electron chi connectivity index (χ2n) is 4.61. The lowest BCUT2D eigenvalue weighted by molar-refractivity contribution is -0.142. The van der Waals surface area contributed by atoms with E-state index in [1.165, 1.54) is 0 Å². The second kappa shape index (κ2) is 3.93. The summed E-state index contributed by atoms with van der Waals surface area (Å²) < 4.78 is 0. The van der Waals surface area contributed by atoms with E-state index >= 15 is 0 Å². The molecule has 4 heteroatoms. The molecule has 2 rings (SSSR count). The molecule has 2 fully saturated rings. The molecule has 0 aromatic carbocycles. The summed E-state index contributed by atoms with van der Waals surface area (Å²) in [5.41, 5.74) is 0. The highest BCUT2D eigenvalue weighted by Crippen LogP contribution is 2.29. The first-order valence-corrected chi connectivity index (χ1v) is 5.63. The maximum absolute atomic E-state index is 12.0. The zero-order valence-corrected chi connectivity index (χ0v) is 9.40. The van der Waals surface area contributed by atoms with Crippen LogP contribution in [0.2, 0.25) is 0 Å². The molecule has 0 radical (unpaired) electrons. The van der Waals surface area contributed by atoms with Crippen LogP contribution < -0.4 is 0 Å². The Hall–Kier alpha value is -0.900. The Morgan fingerprint density at radius 1 is 1.40 bits per heavy atom. The Morgan fingerprint density at radius 3 is 2.60 bits per heavy atom. The Labute approximate surface area is 90.2 Å². The number of piperazine rings is 1. The van der Waals surface area contributed by atoms with Crippen molar-refractivity contribution in [2.45, 2.75) is 38.8 Å². The van der Waals surface area contributed by atoms with Crippen molar-refractivity contribution >= 4 is 11.7 Å². The largest absolute Gasteiger partial charge is 0.337 e. The van der Waals surface area contributed by atoms with Crippen LogP contribution in [-0.4, -0.2) is 53.2 Å². The van der Waals surface area contributed by atoms with Gasteiger partial charge in [0.15, 0.2) is 0 Å². The molecule has 0 spiro atoms. The number of carbonyl (C=O) groups is 2. The van der Waals surface area contributed by atoms with E-state index in [0.717, 1.165) is 25.9 Å². The van der Waals surface area contributed by atoms with Crippen molar-refractivity contribution in [3.8, 4) is 0 Å². The summed E-state index contributed by atoms with van der Waals surface area (Å²) in [4.78, 5) is 27.0. The van der Waals surface area contributed by atoms with Gasteiger partial charge >= 0.3 is 0 Å². The smallest absolute Gasteiger partial charge is 0.239 e. The van der Waals surface area contributed by atoms with Gasteiger partial charge in [0, 0.05) is 19.1 Å². The maximum Gasteiger partial charge on any atom is 0.239 e. The predicted molar refractivity (Wildman–Crippen MR) is 56.5 cm³/mol. The second-order valence-corrected chi connectivity index (χ2v) is 4.61. The Bertz CT molecular complexity index is 286. The van der Waals surface area contributed by atoms with Crippen LogP contribution in [0.3, 0.4) is 0 Å². The minimum atomic E-state index is -0.122. The van der Waals surface area contributed by atoms with Crippen LogP contribution in [0.4, 0.5) is 0 Å². The molecule has 1 atom stereocenters. The molecule has 1 aliphatic heterocycles. The highest BCUT2D eigenvalue weighted by molar-refractivity contribution is 5.84. The van der Waals surface area contributed by atoms with Crippen LogP contribution in [0.25, 0.3) is 0 Å². The van der Waals surface area contributed by atoms with Gasteiger partial charge in [0.25, 0.3) is 0 Å². The number of hydrogen-bond acceptors (Lipinski definition) is 3. The third-order valence-electron chi connectivity index (χ3n) is 3.23. The summed E-state index contributed by atoms with van der Waals surface area (Å²) in [7, 11) is 0. The lowest BCUT2D eigenvalue weighted by Gasteiger charge is -2.38. The molecule has 0 N–H and O–H groups in total. The van der Waals surface area contributed by atoms with E-state index in [1.807, 2.05) is 16.7 Å². The molecule has 1 aliphatic carbocycles. The maximum atomic E-state index is 12.0. The Kier molecular flexibility index (Phi) is 2.78. The minimum Gasteiger partial charge on any atom is -0.337 e. The molecule has 1 amide bonds. The zero-order chi connectivity index (χ0) is 11.0. The number of ketones is 1. The minimum absolute atomic E-state index is 0.122. The average Bonchev–Trinajstić information content (AvgIpc) is 2.96. The molecule has 2 aliphatic rings. The quantitative estimate of drug-likeness (QED) is 0.671. The normalized spacial score (nSPS) is 28.3. The van der Waals surface area contributed by atoms with Gasteiger partial charge < -0.3 is 4.90 Å². The lowest BCUT2D eigenvalue weighted by atomic mass is 10.1. The highest BCUT2D eigenvalue weighted by Gasteiger charge is 2.39. The van der Waals surface area contributed by atoms with Crippen LogP contribution in [-0.2, 0) is 9.59 Å². The number of nitrogens with zero attached hydrogens (tertiary/aromatic N) is 2. The first kappa shape index (κ1) is 10.6. The van der Waals surface area contributed by atoms with E-state index in [1.54, 1.807) is 6.92 Å². The summed E-state index contributed by atoms with van der Waals surface area (Å²) in [6.45, 7) is 5.51. The van der Waals surface area contributed by atoms with Gasteiger partial charge in [-0.2, -0.15) is 0 Å². The summed E-state index contributed by atoms with van der Waals surface area (Å²) in [6, 6.07) is 0.377. The lowest BCUT2D eigenvalue weighted by Crippen LogP contribution is -2.57. The number of amides is 1. The summed E-state index contributed by atoms with van der Waals surface area (Å²) in [5.74, 6) is 0.333. The molecular weight excluding hydrogens is 192 g/mol. The molecular formula is C11H18N2O2. The van der Waals surface area contributed by atoms with E-state index < -0.39 is 0 Å². The molecule has 1 saturated carbocycles. The van der Waals surface area contributed by atoms with E-state index in [9.17, 15) is 9.59 Å². The fraction of sp³-hybridized carbons (Fsp3) is 0.818. The van der Waals surface area contributed by atoms with E-state index in [-0.39, 0.29) is 17.7 Å². The standard InChI is InChI=1S/C11H18N2O2/c1-8(14)7-12-5-6-13(10-3-4-10)11(15)9(12)2/h9-10H,3-7H2,1-2H3. The summed E-state index contributed by atoms with van der Waals surface area (Å²) in [5, 5.41) is 0. The fourth-order valence-electron chi connectivity index (χ4n) is 2.19. The predicted octanol–water partition coefficient (Wildman–Crippen LogP) is 0.270. The average molecular weight is 210 g/mol. The molecule has 84 valence electrons. The number of Topliss-reactive ketones (excluding diaryl/α,β-unsaturated/α-hetero) is 1. The van der Waals surface area contributed by atoms with Crippen LogP contribution in [0.5, 0.6) is 0 Å². The van der Waals surface area contributed by atoms with Crippen molar-refractivity contribution < 1.29 is 9.59 Å². The van der Waals surface area contributed by atoms with Crippen LogP contribution >= 0.6 is 0 Å². The van der Waals surface area contributed by atoms with Gasteiger partial charge in [-0.1, -0.05) is 0 Å². The van der Waals surface area contributed by atoms with Gasteiger partial charge in [-0.05, 0) is 26.7 Å². The molecule has 15 heavy (non-hydrogen) atoms. The fourth-order valence-corrected chi connectivity index (χ4v) is 2.19. The topological polar surface area (TPSA) is 40.6 Å². The first-order valence-electron chi connectivity index (χ1n) is 5.63. The highest BCUT2D eigenvalue weighted by atomic mass is 16.2. The molecule has 1 heterocycles. The van der Waals surface area contributed by atoms with Gasteiger partial charge in [-0.15, -0.1) is 0 Å². The Morgan fingerprint density at radius 2 is 2.07 bits per heavy atom. The van der Waals surface area contributed by atoms with Gasteiger partial charge in [0.05, 0.1) is 12.6 Å². The number of hydrogen-bond donors (Lipinski definition) is 0. The van der Waals surface area contributed by atoms with Crippen LogP contribution in [0, 0.1) is 0 Å². The van der Waals surface area contributed by atoms with Crippen molar-refractivity contribution in [3.63, 3.8) is 0 Å². The molecule has 1 unspecified atom stereocenters. The van der Waals surface area contributed by atoms with E-state index in [2.05, 4.69) is 0 Å². The molecule has 0 aromatic heterocycles. The first-order chi connectivity index (χ1) is 7.09. The third kappa shape index (κ3) is 2.20. The van der Waals surface area contributed by atoms with Crippen LogP contribution in [0.1, 0.15) is 26.7 Å². The van der Waals surface area contributed by atoms with E-state index in [4.69, 9.17) is 0 Å². The van der Waals surface area contributed by atoms with Crippen molar-refractivity contribution in [2.75, 3.05) is 19.6 Å². The molecule has 0 aromatic rings. The van der Waals surface area contributed by atoms with Gasteiger partial charge in [-0.3, -0.25) is 14.5 Å². The van der Waals surface area contributed by atoms with Gasteiger partial charge in [0.2, 0.25) is 5.91 Å². The summed E-state index contributed by atoms with van der Waals surface area (Å²) in [6.07, 6.45) is 2.32. The molecule has 4 nitrogen and oxygen atoms in total. The SMILES string of the molecule is CC(=O)CN1CCN(C2CC2)C(=O)C1C. The van der Waals surface area contributed by atoms with Crippen molar-refractivity contribution in [1.82, 2.24) is 9.80 Å². The van der Waals surface area contributed by atoms with Crippen LogP contribution in [0.15, 0.2) is 0 Å². The monoisotopic (exact) mass is 210 g/mol. The molecule has 1 saturated heterocycles. The van der Waals surface area contributed by atoms with E-state index in [0.29, 0.717) is 12.6 Å². The number of carbonyl (C=O) groups excluding carboxylic acids is 2. The third-order valence-corrected chi connectivity index (χ3v) is 3.23.